The van der Waals surface area contributed by atoms with Crippen LogP contribution in [-0.4, -0.2) is 24.5 Å². The lowest BCUT2D eigenvalue weighted by Gasteiger charge is -2.12. The highest BCUT2D eigenvalue weighted by atomic mass is 16.6. The molecule has 0 aliphatic heterocycles. The van der Waals surface area contributed by atoms with Crippen LogP contribution in [0.2, 0.25) is 0 Å². The SMILES string of the molecule is COc1cc([N+](=O)[O-])ccc1NC(=O)C[NH2+][C@H](C)c1ccccc1. The minimum atomic E-state index is -0.510. The standard InChI is InChI=1S/C17H19N3O4/c1-12(13-6-4-3-5-7-13)18-11-17(21)19-15-9-8-14(20(22)23)10-16(15)24-2/h3-10,12,18H,11H2,1-2H3,(H,19,21)/p+1/t12-/m1/s1. The van der Waals surface area contributed by atoms with Crippen molar-refractivity contribution in [1.82, 2.24) is 0 Å². The average Bonchev–Trinajstić information content (AvgIpc) is 2.60. The fourth-order valence-electron chi connectivity index (χ4n) is 2.27. The third-order valence-electron chi connectivity index (χ3n) is 3.65. The highest BCUT2D eigenvalue weighted by Gasteiger charge is 2.15. The van der Waals surface area contributed by atoms with Gasteiger partial charge in [-0.05, 0) is 13.0 Å². The number of nitrogens with two attached hydrogens (primary N) is 1. The Morgan fingerprint density at radius 2 is 2.00 bits per heavy atom. The minimum absolute atomic E-state index is 0.0888. The van der Waals surface area contributed by atoms with E-state index in [-0.39, 0.29) is 29.9 Å². The summed E-state index contributed by atoms with van der Waals surface area (Å²) in [5.74, 6) is 0.0543. The van der Waals surface area contributed by atoms with E-state index in [1.165, 1.54) is 25.3 Å². The number of quaternary nitrogens is 1. The van der Waals surface area contributed by atoms with Crippen molar-refractivity contribution in [2.24, 2.45) is 0 Å². The summed E-state index contributed by atoms with van der Waals surface area (Å²) < 4.78 is 5.10. The number of carbonyl (C=O) groups is 1. The number of nitrogens with one attached hydrogen (secondary N) is 1. The average molecular weight is 330 g/mol. The molecule has 0 saturated carbocycles. The van der Waals surface area contributed by atoms with E-state index in [4.69, 9.17) is 4.74 Å². The van der Waals surface area contributed by atoms with Gasteiger partial charge in [0, 0.05) is 11.6 Å². The normalized spacial score (nSPS) is 11.6. The van der Waals surface area contributed by atoms with E-state index < -0.39 is 4.92 Å². The van der Waals surface area contributed by atoms with Gasteiger partial charge in [0.15, 0.2) is 6.54 Å². The van der Waals surface area contributed by atoms with E-state index in [1.807, 2.05) is 42.6 Å². The van der Waals surface area contributed by atoms with Gasteiger partial charge in [0.1, 0.15) is 11.8 Å². The lowest BCUT2D eigenvalue weighted by Crippen LogP contribution is -2.86. The van der Waals surface area contributed by atoms with Crippen molar-refractivity contribution in [3.63, 3.8) is 0 Å². The zero-order valence-corrected chi connectivity index (χ0v) is 13.6. The van der Waals surface area contributed by atoms with Crippen molar-refractivity contribution in [2.45, 2.75) is 13.0 Å². The Bertz CT molecular complexity index is 719. The molecule has 0 saturated heterocycles. The number of nitro groups is 1. The summed E-state index contributed by atoms with van der Waals surface area (Å²) in [5, 5.41) is 15.4. The molecule has 126 valence electrons. The third kappa shape index (κ3) is 4.53. The number of carbonyl (C=O) groups excluding carboxylic acids is 1. The second-order valence-corrected chi connectivity index (χ2v) is 5.33. The molecular formula is C17H20N3O4+. The fourth-order valence-corrected chi connectivity index (χ4v) is 2.27. The van der Waals surface area contributed by atoms with E-state index in [9.17, 15) is 14.9 Å². The van der Waals surface area contributed by atoms with Gasteiger partial charge in [-0.25, -0.2) is 0 Å². The van der Waals surface area contributed by atoms with E-state index >= 15 is 0 Å². The van der Waals surface area contributed by atoms with Crippen LogP contribution < -0.4 is 15.4 Å². The Labute approximate surface area is 139 Å². The first kappa shape index (κ1) is 17.4. The maximum atomic E-state index is 12.1. The zero-order valence-electron chi connectivity index (χ0n) is 13.6. The third-order valence-corrected chi connectivity index (χ3v) is 3.65. The molecule has 2 aromatic carbocycles. The number of nitro benzene ring substituents is 1. The van der Waals surface area contributed by atoms with Crippen LogP contribution in [0.4, 0.5) is 11.4 Å². The smallest absolute Gasteiger partial charge is 0.279 e. The lowest BCUT2D eigenvalue weighted by atomic mass is 10.1. The highest BCUT2D eigenvalue weighted by Crippen LogP contribution is 2.28. The topological polar surface area (TPSA) is 98.1 Å². The van der Waals surface area contributed by atoms with E-state index in [0.29, 0.717) is 5.69 Å². The number of nitrogens with zero attached hydrogens (tertiary/aromatic N) is 1. The summed E-state index contributed by atoms with van der Waals surface area (Å²) in [4.78, 5) is 22.4. The first-order chi connectivity index (χ1) is 11.5. The number of hydrogen-bond donors (Lipinski definition) is 2. The lowest BCUT2D eigenvalue weighted by molar-refractivity contribution is -0.682. The van der Waals surface area contributed by atoms with Crippen molar-refractivity contribution in [1.29, 1.82) is 0 Å². The summed E-state index contributed by atoms with van der Waals surface area (Å²) in [6.07, 6.45) is 0. The largest absolute Gasteiger partial charge is 0.494 e. The second-order valence-electron chi connectivity index (χ2n) is 5.33. The van der Waals surface area contributed by atoms with E-state index in [1.54, 1.807) is 0 Å². The van der Waals surface area contributed by atoms with Crippen LogP contribution in [0.1, 0.15) is 18.5 Å². The first-order valence-electron chi connectivity index (χ1n) is 7.52. The van der Waals surface area contributed by atoms with Gasteiger partial charge < -0.3 is 15.4 Å². The molecule has 1 amide bonds. The van der Waals surface area contributed by atoms with Gasteiger partial charge in [-0.3, -0.25) is 14.9 Å². The Balaban J connectivity index is 1.96. The highest BCUT2D eigenvalue weighted by molar-refractivity contribution is 5.93. The number of ether oxygens (including phenoxy) is 1. The molecule has 0 heterocycles. The molecule has 7 nitrogen and oxygen atoms in total. The van der Waals surface area contributed by atoms with Crippen LogP contribution >= 0.6 is 0 Å². The molecule has 0 aromatic heterocycles. The monoisotopic (exact) mass is 330 g/mol. The quantitative estimate of drug-likeness (QED) is 0.598. The molecule has 2 rings (SSSR count). The molecule has 0 spiro atoms. The summed E-state index contributed by atoms with van der Waals surface area (Å²) in [5.41, 5.74) is 1.46. The predicted octanol–water partition coefficient (Wildman–Crippen LogP) is 1.87. The zero-order chi connectivity index (χ0) is 17.5. The number of benzene rings is 2. The Morgan fingerprint density at radius 3 is 2.62 bits per heavy atom. The van der Waals surface area contributed by atoms with Crippen molar-refractivity contribution in [3.8, 4) is 5.75 Å². The molecule has 0 aliphatic rings. The van der Waals surface area contributed by atoms with Crippen molar-refractivity contribution < 1.29 is 19.8 Å². The Morgan fingerprint density at radius 1 is 1.29 bits per heavy atom. The summed E-state index contributed by atoms with van der Waals surface area (Å²) in [6, 6.07) is 14.1. The maximum absolute atomic E-state index is 12.1. The number of non-ortho nitro benzene ring substituents is 1. The second kappa shape index (κ2) is 8.07. The summed E-state index contributed by atoms with van der Waals surface area (Å²) >= 11 is 0. The van der Waals surface area contributed by atoms with Gasteiger partial charge in [-0.2, -0.15) is 0 Å². The molecule has 24 heavy (non-hydrogen) atoms. The first-order valence-corrected chi connectivity index (χ1v) is 7.52. The van der Waals surface area contributed by atoms with Crippen molar-refractivity contribution in [2.75, 3.05) is 19.0 Å². The molecule has 1 atom stereocenters. The maximum Gasteiger partial charge on any atom is 0.279 e. The van der Waals surface area contributed by atoms with Gasteiger partial charge in [-0.1, -0.05) is 30.3 Å². The van der Waals surface area contributed by atoms with Crippen LogP contribution in [0.25, 0.3) is 0 Å². The fraction of sp³-hybridized carbons (Fsp3) is 0.235. The van der Waals surface area contributed by atoms with Crippen LogP contribution in [0.5, 0.6) is 5.75 Å². The van der Waals surface area contributed by atoms with Crippen molar-refractivity contribution >= 4 is 17.3 Å². The van der Waals surface area contributed by atoms with Gasteiger partial charge in [-0.15, -0.1) is 0 Å². The van der Waals surface area contributed by atoms with Gasteiger partial charge in [0.05, 0.1) is 23.8 Å². The van der Waals surface area contributed by atoms with Gasteiger partial charge >= 0.3 is 0 Å². The molecule has 7 heteroatoms. The van der Waals surface area contributed by atoms with Crippen LogP contribution in [0.15, 0.2) is 48.5 Å². The van der Waals surface area contributed by atoms with Crippen LogP contribution in [0, 0.1) is 10.1 Å². The number of methoxy groups -OCH3 is 1. The number of hydrogen-bond acceptors (Lipinski definition) is 4. The molecule has 0 unspecified atom stereocenters. The van der Waals surface area contributed by atoms with Crippen molar-refractivity contribution in [3.05, 3.63) is 64.2 Å². The molecular weight excluding hydrogens is 310 g/mol. The molecule has 0 bridgehead atoms. The molecule has 0 fully saturated rings. The van der Waals surface area contributed by atoms with Gasteiger partial charge in [0.2, 0.25) is 0 Å². The summed E-state index contributed by atoms with van der Waals surface area (Å²) in [6.45, 7) is 2.26. The number of anilines is 1. The molecule has 0 aliphatic carbocycles. The molecule has 2 aromatic rings. The number of rotatable bonds is 7. The van der Waals surface area contributed by atoms with Crippen LogP contribution in [0.3, 0.4) is 0 Å². The van der Waals surface area contributed by atoms with Crippen LogP contribution in [-0.2, 0) is 4.79 Å². The van der Waals surface area contributed by atoms with Gasteiger partial charge in [0.25, 0.3) is 11.6 Å². The molecule has 3 N–H and O–H groups in total. The summed E-state index contributed by atoms with van der Waals surface area (Å²) in [7, 11) is 1.40. The predicted molar refractivity (Wildman–Crippen MR) is 89.9 cm³/mol. The van der Waals surface area contributed by atoms with E-state index in [0.717, 1.165) is 5.56 Å². The molecule has 0 radical (unpaired) electrons. The Hall–Kier alpha value is -2.93. The number of amides is 1. The Kier molecular flexibility index (Phi) is 5.86. The van der Waals surface area contributed by atoms with E-state index in [2.05, 4.69) is 5.32 Å². The minimum Gasteiger partial charge on any atom is -0.494 e.